The van der Waals surface area contributed by atoms with Gasteiger partial charge in [0, 0.05) is 11.6 Å². The number of benzene rings is 2. The van der Waals surface area contributed by atoms with Crippen molar-refractivity contribution in [3.63, 3.8) is 0 Å². The molecule has 0 spiro atoms. The second-order valence-electron chi connectivity index (χ2n) is 4.50. The Labute approximate surface area is 130 Å². The molecule has 0 aliphatic rings. The third kappa shape index (κ3) is 3.69. The molecule has 0 saturated heterocycles. The first-order valence-corrected chi connectivity index (χ1v) is 7.37. The van der Waals surface area contributed by atoms with Gasteiger partial charge in [0.2, 0.25) is 0 Å². The van der Waals surface area contributed by atoms with E-state index in [1.807, 2.05) is 44.2 Å². The number of aliphatic hydroxyl groups excluding tert-OH is 1. The molecular formula is C17H19ClO3. The number of hydrogen-bond acceptors (Lipinski definition) is 3. The molecule has 2 rings (SSSR count). The summed E-state index contributed by atoms with van der Waals surface area (Å²) in [5.74, 6) is 1.18. The van der Waals surface area contributed by atoms with E-state index < -0.39 is 6.10 Å². The second kappa shape index (κ2) is 7.34. The molecule has 0 fully saturated rings. The lowest BCUT2D eigenvalue weighted by Crippen LogP contribution is -2.04. The molecule has 0 aliphatic heterocycles. The summed E-state index contributed by atoms with van der Waals surface area (Å²) in [4.78, 5) is 0. The average molecular weight is 307 g/mol. The van der Waals surface area contributed by atoms with Gasteiger partial charge in [0.05, 0.1) is 18.2 Å². The number of ether oxygens (including phenoxy) is 2. The van der Waals surface area contributed by atoms with E-state index in [-0.39, 0.29) is 0 Å². The molecular weight excluding hydrogens is 288 g/mol. The van der Waals surface area contributed by atoms with Crippen molar-refractivity contribution in [1.29, 1.82) is 0 Å². The zero-order chi connectivity index (χ0) is 15.2. The van der Waals surface area contributed by atoms with Gasteiger partial charge < -0.3 is 14.6 Å². The molecule has 3 nitrogen and oxygen atoms in total. The topological polar surface area (TPSA) is 38.7 Å². The molecule has 2 aromatic rings. The van der Waals surface area contributed by atoms with Crippen LogP contribution in [0, 0.1) is 0 Å². The van der Waals surface area contributed by atoms with Gasteiger partial charge in [-0.2, -0.15) is 0 Å². The van der Waals surface area contributed by atoms with E-state index in [9.17, 15) is 5.11 Å². The minimum atomic E-state index is -0.798. The van der Waals surface area contributed by atoms with Gasteiger partial charge in [-0.3, -0.25) is 0 Å². The fourth-order valence-electron chi connectivity index (χ4n) is 2.11. The number of aliphatic hydroxyl groups is 1. The van der Waals surface area contributed by atoms with Gasteiger partial charge in [0.15, 0.2) is 11.5 Å². The quantitative estimate of drug-likeness (QED) is 0.868. The summed E-state index contributed by atoms with van der Waals surface area (Å²) in [7, 11) is 0. The van der Waals surface area contributed by atoms with Crippen molar-refractivity contribution in [2.45, 2.75) is 20.0 Å². The highest BCUT2D eigenvalue weighted by Crippen LogP contribution is 2.38. The van der Waals surface area contributed by atoms with Crippen molar-refractivity contribution >= 4 is 11.6 Å². The Morgan fingerprint density at radius 3 is 2.14 bits per heavy atom. The van der Waals surface area contributed by atoms with Crippen LogP contribution in [0.4, 0.5) is 0 Å². The summed E-state index contributed by atoms with van der Waals surface area (Å²) in [5.41, 5.74) is 1.39. The van der Waals surface area contributed by atoms with Crippen LogP contribution in [0.1, 0.15) is 31.1 Å². The fourth-order valence-corrected chi connectivity index (χ4v) is 2.37. The molecule has 0 saturated carbocycles. The smallest absolute Gasteiger partial charge is 0.162 e. The molecule has 1 unspecified atom stereocenters. The number of halogens is 1. The molecule has 112 valence electrons. The first-order valence-electron chi connectivity index (χ1n) is 6.99. The number of rotatable bonds is 6. The summed E-state index contributed by atoms with van der Waals surface area (Å²) in [6, 6.07) is 12.8. The summed E-state index contributed by atoms with van der Waals surface area (Å²) in [6.07, 6.45) is -0.798. The zero-order valence-corrected chi connectivity index (χ0v) is 12.9. The molecule has 0 heterocycles. The van der Waals surface area contributed by atoms with Crippen molar-refractivity contribution in [2.75, 3.05) is 13.2 Å². The highest BCUT2D eigenvalue weighted by Gasteiger charge is 2.18. The minimum Gasteiger partial charge on any atom is -0.490 e. The van der Waals surface area contributed by atoms with Crippen LogP contribution in [-0.4, -0.2) is 18.3 Å². The van der Waals surface area contributed by atoms with Gasteiger partial charge in [0.1, 0.15) is 6.10 Å². The Hall–Kier alpha value is -1.71. The van der Waals surface area contributed by atoms with Crippen LogP contribution in [0.25, 0.3) is 0 Å². The van der Waals surface area contributed by atoms with Gasteiger partial charge in [0.25, 0.3) is 0 Å². The largest absolute Gasteiger partial charge is 0.490 e. The van der Waals surface area contributed by atoms with E-state index in [2.05, 4.69) is 0 Å². The zero-order valence-electron chi connectivity index (χ0n) is 12.2. The monoisotopic (exact) mass is 306 g/mol. The van der Waals surface area contributed by atoms with E-state index in [0.717, 1.165) is 5.56 Å². The Balaban J connectivity index is 2.41. The maximum atomic E-state index is 10.5. The van der Waals surface area contributed by atoms with Gasteiger partial charge in [-0.05, 0) is 25.5 Å². The molecule has 0 aromatic heterocycles. The molecule has 21 heavy (non-hydrogen) atoms. The molecule has 1 atom stereocenters. The molecule has 1 N–H and O–H groups in total. The molecule has 2 aromatic carbocycles. The molecule has 4 heteroatoms. The van der Waals surface area contributed by atoms with E-state index >= 15 is 0 Å². The molecule has 0 bridgehead atoms. The van der Waals surface area contributed by atoms with Crippen molar-refractivity contribution in [2.24, 2.45) is 0 Å². The SMILES string of the molecule is CCOc1cc(Cl)c(C(O)c2ccccc2)cc1OCC. The maximum Gasteiger partial charge on any atom is 0.162 e. The highest BCUT2D eigenvalue weighted by molar-refractivity contribution is 6.31. The standard InChI is InChI=1S/C17H19ClO3/c1-3-20-15-10-13(14(18)11-16(15)21-4-2)17(19)12-8-6-5-7-9-12/h5-11,17,19H,3-4H2,1-2H3. The lowest BCUT2D eigenvalue weighted by atomic mass is 10.0. The van der Waals surface area contributed by atoms with E-state index in [1.54, 1.807) is 12.1 Å². The Kier molecular flexibility index (Phi) is 5.48. The van der Waals surface area contributed by atoms with Crippen LogP contribution >= 0.6 is 11.6 Å². The summed E-state index contributed by atoms with van der Waals surface area (Å²) in [6.45, 7) is 4.84. The summed E-state index contributed by atoms with van der Waals surface area (Å²) in [5, 5.41) is 11.0. The van der Waals surface area contributed by atoms with Crippen LogP contribution in [0.3, 0.4) is 0 Å². The predicted octanol–water partition coefficient (Wildman–Crippen LogP) is 4.22. The first-order chi connectivity index (χ1) is 10.2. The first kappa shape index (κ1) is 15.7. The van der Waals surface area contributed by atoms with Crippen molar-refractivity contribution in [3.8, 4) is 11.5 Å². The minimum absolute atomic E-state index is 0.457. The Bertz CT molecular complexity index is 584. The average Bonchev–Trinajstić information content (AvgIpc) is 2.50. The van der Waals surface area contributed by atoms with Crippen LogP contribution in [-0.2, 0) is 0 Å². The lowest BCUT2D eigenvalue weighted by Gasteiger charge is -2.17. The molecule has 0 aliphatic carbocycles. The summed E-state index contributed by atoms with van der Waals surface area (Å²) >= 11 is 6.29. The Morgan fingerprint density at radius 2 is 1.57 bits per heavy atom. The van der Waals surface area contributed by atoms with Crippen LogP contribution in [0.2, 0.25) is 5.02 Å². The normalized spacial score (nSPS) is 12.0. The van der Waals surface area contributed by atoms with Crippen LogP contribution in [0.15, 0.2) is 42.5 Å². The lowest BCUT2D eigenvalue weighted by molar-refractivity contribution is 0.219. The number of hydrogen-bond donors (Lipinski definition) is 1. The van der Waals surface area contributed by atoms with Gasteiger partial charge in [-0.25, -0.2) is 0 Å². The van der Waals surface area contributed by atoms with E-state index in [4.69, 9.17) is 21.1 Å². The third-order valence-electron chi connectivity index (χ3n) is 3.07. The fraction of sp³-hybridized carbons (Fsp3) is 0.294. The van der Waals surface area contributed by atoms with Crippen molar-refractivity contribution in [3.05, 3.63) is 58.6 Å². The van der Waals surface area contributed by atoms with Gasteiger partial charge >= 0.3 is 0 Å². The molecule has 0 amide bonds. The van der Waals surface area contributed by atoms with Crippen molar-refractivity contribution < 1.29 is 14.6 Å². The highest BCUT2D eigenvalue weighted by atomic mass is 35.5. The molecule has 0 radical (unpaired) electrons. The van der Waals surface area contributed by atoms with Gasteiger partial charge in [-0.15, -0.1) is 0 Å². The summed E-state index contributed by atoms with van der Waals surface area (Å²) < 4.78 is 11.1. The van der Waals surface area contributed by atoms with Crippen molar-refractivity contribution in [1.82, 2.24) is 0 Å². The van der Waals surface area contributed by atoms with Crippen LogP contribution in [0.5, 0.6) is 11.5 Å². The maximum absolute atomic E-state index is 10.5. The van der Waals surface area contributed by atoms with Crippen LogP contribution < -0.4 is 9.47 Å². The van der Waals surface area contributed by atoms with E-state index in [0.29, 0.717) is 35.3 Å². The van der Waals surface area contributed by atoms with E-state index in [1.165, 1.54) is 0 Å². The van der Waals surface area contributed by atoms with Gasteiger partial charge in [-0.1, -0.05) is 41.9 Å². The second-order valence-corrected chi connectivity index (χ2v) is 4.91. The Morgan fingerprint density at radius 1 is 1.00 bits per heavy atom. The third-order valence-corrected chi connectivity index (χ3v) is 3.40. The predicted molar refractivity (Wildman–Crippen MR) is 84.3 cm³/mol.